The predicted octanol–water partition coefficient (Wildman–Crippen LogP) is 0.483. The Hall–Kier alpha value is -2.90. The molecule has 3 aliphatic rings. The van der Waals surface area contributed by atoms with E-state index in [1.807, 2.05) is 0 Å². The summed E-state index contributed by atoms with van der Waals surface area (Å²) in [6, 6.07) is 2.88. The van der Waals surface area contributed by atoms with E-state index >= 15 is 0 Å². The number of aromatic nitrogens is 2. The van der Waals surface area contributed by atoms with Gasteiger partial charge in [0.1, 0.15) is 5.56 Å². The van der Waals surface area contributed by atoms with Gasteiger partial charge in [-0.15, -0.1) is 0 Å². The molecule has 0 spiro atoms. The maximum Gasteiger partial charge on any atom is 0.270 e. The van der Waals surface area contributed by atoms with Gasteiger partial charge in [-0.2, -0.15) is 0 Å². The molecule has 2 aromatic heterocycles. The van der Waals surface area contributed by atoms with Gasteiger partial charge in [0.25, 0.3) is 11.5 Å². The molecule has 8 nitrogen and oxygen atoms in total. The lowest BCUT2D eigenvalue weighted by Gasteiger charge is -2.35. The molecule has 26 heavy (non-hydrogen) atoms. The van der Waals surface area contributed by atoms with Crippen molar-refractivity contribution in [3.63, 3.8) is 0 Å². The van der Waals surface area contributed by atoms with Gasteiger partial charge >= 0.3 is 0 Å². The number of carbonyl (C=O) groups is 2. The molecule has 0 radical (unpaired) electrons. The molecule has 0 unspecified atom stereocenters. The summed E-state index contributed by atoms with van der Waals surface area (Å²) in [5, 5.41) is 9.82. The lowest BCUT2D eigenvalue weighted by Crippen LogP contribution is -2.49. The first kappa shape index (κ1) is 16.6. The topological polar surface area (TPSA) is 95.2 Å². The quantitative estimate of drug-likeness (QED) is 0.802. The Kier molecular flexibility index (Phi) is 3.90. The lowest BCUT2D eigenvalue weighted by atomic mass is 9.94. The average molecular weight is 356 g/mol. The van der Waals surface area contributed by atoms with Gasteiger partial charge in [0.15, 0.2) is 11.4 Å². The molecule has 8 heteroatoms. The van der Waals surface area contributed by atoms with E-state index in [4.69, 9.17) is 0 Å². The van der Waals surface area contributed by atoms with E-state index in [-0.39, 0.29) is 40.7 Å². The molecule has 1 N–H and O–H groups in total. The number of hydrogen-bond acceptors (Lipinski definition) is 5. The first-order valence-electron chi connectivity index (χ1n) is 8.71. The summed E-state index contributed by atoms with van der Waals surface area (Å²) in [7, 11) is 0. The number of rotatable bonds is 1. The molecule has 136 valence electrons. The SMILES string of the molecule is CC(=O)N1C[C@H]2CC[C@@H](C1)N(C(=O)c1cnc3c(O)cccn3c1=O)C2. The largest absolute Gasteiger partial charge is 0.504 e. The molecule has 5 rings (SSSR count). The van der Waals surface area contributed by atoms with Crippen LogP contribution in [-0.4, -0.2) is 61.8 Å². The minimum absolute atomic E-state index is 0.0131. The lowest BCUT2D eigenvalue weighted by molar-refractivity contribution is -0.129. The van der Waals surface area contributed by atoms with Crippen LogP contribution in [0.2, 0.25) is 0 Å². The second-order valence-corrected chi connectivity index (χ2v) is 7.04. The van der Waals surface area contributed by atoms with Crippen molar-refractivity contribution in [2.24, 2.45) is 5.92 Å². The van der Waals surface area contributed by atoms with Crippen molar-refractivity contribution in [1.29, 1.82) is 0 Å². The van der Waals surface area contributed by atoms with Gasteiger partial charge in [0, 0.05) is 45.0 Å². The Morgan fingerprint density at radius 3 is 2.81 bits per heavy atom. The standard InChI is InChI=1S/C18H20N4O4/c1-11(23)20-8-12-4-5-13(10-20)22(9-12)18(26)14-7-19-16-15(24)3-2-6-21(16)17(14)25/h2-3,6-7,12-13,24H,4-5,8-10H2,1H3/t12-,13+/m1/s1. The van der Waals surface area contributed by atoms with Crippen molar-refractivity contribution in [1.82, 2.24) is 19.2 Å². The fourth-order valence-electron chi connectivity index (χ4n) is 3.98. The first-order valence-corrected chi connectivity index (χ1v) is 8.71. The van der Waals surface area contributed by atoms with Gasteiger partial charge in [0.2, 0.25) is 5.91 Å². The average Bonchev–Trinajstić information content (AvgIpc) is 2.94. The maximum atomic E-state index is 13.1. The summed E-state index contributed by atoms with van der Waals surface area (Å²) < 4.78 is 1.18. The van der Waals surface area contributed by atoms with E-state index in [0.29, 0.717) is 19.6 Å². The zero-order valence-electron chi connectivity index (χ0n) is 14.5. The molecule has 2 aromatic rings. The van der Waals surface area contributed by atoms with Crippen LogP contribution in [0.3, 0.4) is 0 Å². The van der Waals surface area contributed by atoms with E-state index < -0.39 is 5.56 Å². The minimum atomic E-state index is -0.501. The van der Waals surface area contributed by atoms with Gasteiger partial charge in [-0.3, -0.25) is 18.8 Å². The van der Waals surface area contributed by atoms with E-state index in [0.717, 1.165) is 12.8 Å². The number of pyridine rings is 1. The highest BCUT2D eigenvalue weighted by molar-refractivity contribution is 5.94. The number of amides is 2. The van der Waals surface area contributed by atoms with Crippen LogP contribution in [0.5, 0.6) is 5.75 Å². The molecule has 0 aromatic carbocycles. The Balaban J connectivity index is 1.70. The van der Waals surface area contributed by atoms with Crippen molar-refractivity contribution in [2.45, 2.75) is 25.8 Å². The molecule has 2 atom stereocenters. The molecule has 0 aliphatic carbocycles. The van der Waals surface area contributed by atoms with Crippen LogP contribution in [0.1, 0.15) is 30.1 Å². The minimum Gasteiger partial charge on any atom is -0.504 e. The first-order chi connectivity index (χ1) is 12.5. The molecule has 0 saturated carbocycles. The molecular formula is C18H20N4O4. The maximum absolute atomic E-state index is 13.1. The molecule has 2 amide bonds. The third kappa shape index (κ3) is 2.61. The van der Waals surface area contributed by atoms with E-state index in [9.17, 15) is 19.5 Å². The van der Waals surface area contributed by atoms with Crippen LogP contribution in [0.4, 0.5) is 0 Å². The van der Waals surface area contributed by atoms with Gasteiger partial charge in [-0.25, -0.2) is 4.98 Å². The zero-order chi connectivity index (χ0) is 18.4. The predicted molar refractivity (Wildman–Crippen MR) is 92.9 cm³/mol. The summed E-state index contributed by atoms with van der Waals surface area (Å²) in [4.78, 5) is 45.2. The van der Waals surface area contributed by atoms with Crippen LogP contribution in [-0.2, 0) is 4.79 Å². The molecule has 3 saturated heterocycles. The summed E-state index contributed by atoms with van der Waals surface area (Å²) in [6.07, 6.45) is 4.51. The Morgan fingerprint density at radius 2 is 2.04 bits per heavy atom. The van der Waals surface area contributed by atoms with Crippen LogP contribution in [0, 0.1) is 5.92 Å². The number of aromatic hydroxyl groups is 1. The number of hydrogen-bond donors (Lipinski definition) is 1. The highest BCUT2D eigenvalue weighted by Crippen LogP contribution is 2.29. The van der Waals surface area contributed by atoms with Gasteiger partial charge in [-0.05, 0) is 30.9 Å². The van der Waals surface area contributed by atoms with Crippen molar-refractivity contribution >= 4 is 17.5 Å². The monoisotopic (exact) mass is 356 g/mol. The summed E-state index contributed by atoms with van der Waals surface area (Å²) in [6.45, 7) is 3.23. The van der Waals surface area contributed by atoms with Crippen LogP contribution < -0.4 is 5.56 Å². The van der Waals surface area contributed by atoms with Crippen molar-refractivity contribution in [3.8, 4) is 5.75 Å². The number of piperidine rings is 1. The highest BCUT2D eigenvalue weighted by Gasteiger charge is 2.38. The second-order valence-electron chi connectivity index (χ2n) is 7.04. The van der Waals surface area contributed by atoms with Crippen LogP contribution in [0.25, 0.3) is 5.65 Å². The van der Waals surface area contributed by atoms with Gasteiger partial charge in [-0.1, -0.05) is 0 Å². The Bertz CT molecular complexity index is 954. The van der Waals surface area contributed by atoms with Crippen LogP contribution in [0.15, 0.2) is 29.3 Å². The normalized spacial score (nSPS) is 22.5. The van der Waals surface area contributed by atoms with E-state index in [1.165, 1.54) is 28.9 Å². The number of carbonyl (C=O) groups excluding carboxylic acids is 2. The number of fused-ring (bicyclic) bond motifs is 5. The summed E-state index contributed by atoms with van der Waals surface area (Å²) >= 11 is 0. The molecule has 5 heterocycles. The van der Waals surface area contributed by atoms with Crippen molar-refractivity contribution in [2.75, 3.05) is 19.6 Å². The highest BCUT2D eigenvalue weighted by atomic mass is 16.3. The summed E-state index contributed by atoms with van der Waals surface area (Å²) in [5.41, 5.74) is -0.399. The molecule has 2 bridgehead atoms. The van der Waals surface area contributed by atoms with E-state index in [1.54, 1.807) is 16.7 Å². The van der Waals surface area contributed by atoms with Gasteiger partial charge in [0.05, 0.1) is 0 Å². The molecular weight excluding hydrogens is 336 g/mol. The Labute approximate surface area is 149 Å². The molecule has 3 aliphatic heterocycles. The Morgan fingerprint density at radius 1 is 1.23 bits per heavy atom. The zero-order valence-corrected chi connectivity index (χ0v) is 14.5. The fourth-order valence-corrected chi connectivity index (χ4v) is 3.98. The third-order valence-electron chi connectivity index (χ3n) is 5.36. The summed E-state index contributed by atoms with van der Waals surface area (Å²) in [5.74, 6) is -0.240. The fraction of sp³-hybridized carbons (Fsp3) is 0.444. The third-order valence-corrected chi connectivity index (χ3v) is 5.36. The molecule has 3 fully saturated rings. The van der Waals surface area contributed by atoms with Crippen molar-refractivity contribution in [3.05, 3.63) is 40.4 Å². The van der Waals surface area contributed by atoms with Crippen LogP contribution >= 0.6 is 0 Å². The smallest absolute Gasteiger partial charge is 0.270 e. The van der Waals surface area contributed by atoms with Crippen molar-refractivity contribution < 1.29 is 14.7 Å². The van der Waals surface area contributed by atoms with E-state index in [2.05, 4.69) is 4.98 Å². The van der Waals surface area contributed by atoms with Gasteiger partial charge < -0.3 is 14.9 Å². The number of nitrogens with zero attached hydrogens (tertiary/aromatic N) is 4. The second kappa shape index (κ2) is 6.12.